The summed E-state index contributed by atoms with van der Waals surface area (Å²) in [5, 5.41) is 3.02. The number of allylic oxidation sites excluding steroid dienone is 5. The lowest BCUT2D eigenvalue weighted by molar-refractivity contribution is 1.03. The maximum Gasteiger partial charge on any atom is 0.0763 e. The Morgan fingerprint density at radius 1 is 1.50 bits per heavy atom. The summed E-state index contributed by atoms with van der Waals surface area (Å²) in [7, 11) is 0. The van der Waals surface area contributed by atoms with Crippen molar-refractivity contribution in [3.05, 3.63) is 48.7 Å². The molecule has 0 saturated carbocycles. The average molecular weight is 207 g/mol. The van der Waals surface area contributed by atoms with Crippen molar-refractivity contribution in [2.75, 3.05) is 0 Å². The SMILES string of the molecule is C=C/C=C(\C=C/C)CC(=C)NC(C)=S. The maximum absolute atomic E-state index is 4.92. The molecule has 0 radical (unpaired) electrons. The van der Waals surface area contributed by atoms with E-state index in [4.69, 9.17) is 12.2 Å². The van der Waals surface area contributed by atoms with E-state index in [1.807, 2.05) is 32.1 Å². The summed E-state index contributed by atoms with van der Waals surface area (Å²) < 4.78 is 0. The van der Waals surface area contributed by atoms with E-state index in [1.54, 1.807) is 6.08 Å². The van der Waals surface area contributed by atoms with Crippen molar-refractivity contribution < 1.29 is 0 Å². The van der Waals surface area contributed by atoms with Crippen LogP contribution in [0.4, 0.5) is 0 Å². The molecule has 0 unspecified atom stereocenters. The molecule has 1 N–H and O–H groups in total. The Balaban J connectivity index is 4.30. The van der Waals surface area contributed by atoms with Crippen LogP contribution in [0.2, 0.25) is 0 Å². The highest BCUT2D eigenvalue weighted by molar-refractivity contribution is 7.80. The van der Waals surface area contributed by atoms with Gasteiger partial charge in [-0.2, -0.15) is 0 Å². The van der Waals surface area contributed by atoms with Gasteiger partial charge in [0.05, 0.1) is 4.99 Å². The number of thiocarbonyl (C=S) groups is 1. The molecule has 0 aliphatic rings. The van der Waals surface area contributed by atoms with Crippen LogP contribution < -0.4 is 5.32 Å². The van der Waals surface area contributed by atoms with Crippen molar-refractivity contribution in [2.45, 2.75) is 20.3 Å². The second kappa shape index (κ2) is 7.27. The fourth-order valence-corrected chi connectivity index (χ4v) is 1.22. The zero-order chi connectivity index (χ0) is 11.0. The Bertz CT molecular complexity index is 285. The van der Waals surface area contributed by atoms with E-state index in [0.717, 1.165) is 22.7 Å². The summed E-state index contributed by atoms with van der Waals surface area (Å²) in [6.07, 6.45) is 8.53. The minimum Gasteiger partial charge on any atom is -0.354 e. The van der Waals surface area contributed by atoms with Crippen LogP contribution in [-0.4, -0.2) is 4.99 Å². The third-order valence-electron chi connectivity index (χ3n) is 1.48. The van der Waals surface area contributed by atoms with Crippen molar-refractivity contribution >= 4 is 17.2 Å². The molecule has 0 aliphatic carbocycles. The second-order valence-electron chi connectivity index (χ2n) is 2.94. The first-order valence-electron chi connectivity index (χ1n) is 4.49. The number of hydrogen-bond donors (Lipinski definition) is 1. The van der Waals surface area contributed by atoms with Crippen LogP contribution >= 0.6 is 12.2 Å². The van der Waals surface area contributed by atoms with Gasteiger partial charge in [-0.1, -0.05) is 49.7 Å². The van der Waals surface area contributed by atoms with E-state index < -0.39 is 0 Å². The first-order valence-corrected chi connectivity index (χ1v) is 4.90. The molecule has 0 rings (SSSR count). The van der Waals surface area contributed by atoms with Gasteiger partial charge in [-0.05, 0) is 19.4 Å². The van der Waals surface area contributed by atoms with Gasteiger partial charge < -0.3 is 5.32 Å². The monoisotopic (exact) mass is 207 g/mol. The van der Waals surface area contributed by atoms with Gasteiger partial charge in [-0.15, -0.1) is 0 Å². The molecule has 0 aromatic heterocycles. The van der Waals surface area contributed by atoms with Gasteiger partial charge in [-0.3, -0.25) is 0 Å². The van der Waals surface area contributed by atoms with E-state index in [1.165, 1.54) is 0 Å². The van der Waals surface area contributed by atoms with Gasteiger partial charge in [0.25, 0.3) is 0 Å². The molecule has 0 aliphatic heterocycles. The minimum absolute atomic E-state index is 0.744. The molecule has 0 amide bonds. The quantitative estimate of drug-likeness (QED) is 0.547. The van der Waals surface area contributed by atoms with Gasteiger partial charge in [0.2, 0.25) is 0 Å². The van der Waals surface area contributed by atoms with Crippen LogP contribution in [0.3, 0.4) is 0 Å². The van der Waals surface area contributed by atoms with Crippen LogP contribution in [0.25, 0.3) is 0 Å². The zero-order valence-electron chi connectivity index (χ0n) is 8.84. The average Bonchev–Trinajstić information content (AvgIpc) is 2.03. The molecular weight excluding hydrogens is 190 g/mol. The summed E-state index contributed by atoms with van der Waals surface area (Å²) in [5.74, 6) is 0. The van der Waals surface area contributed by atoms with E-state index in [9.17, 15) is 0 Å². The molecule has 76 valence electrons. The Labute approximate surface area is 91.9 Å². The van der Waals surface area contributed by atoms with Gasteiger partial charge in [-0.25, -0.2) is 0 Å². The summed E-state index contributed by atoms with van der Waals surface area (Å²) in [4.78, 5) is 0.744. The Hall–Kier alpha value is -1.15. The fourth-order valence-electron chi connectivity index (χ4n) is 1.08. The Kier molecular flexibility index (Phi) is 6.68. The minimum atomic E-state index is 0.744. The Morgan fingerprint density at radius 3 is 2.57 bits per heavy atom. The molecule has 0 aromatic carbocycles. The van der Waals surface area contributed by atoms with E-state index in [0.29, 0.717) is 0 Å². The first kappa shape index (κ1) is 12.8. The van der Waals surface area contributed by atoms with Crippen LogP contribution in [0.5, 0.6) is 0 Å². The van der Waals surface area contributed by atoms with E-state index in [-0.39, 0.29) is 0 Å². The summed E-state index contributed by atoms with van der Waals surface area (Å²) in [6.45, 7) is 11.4. The number of rotatable bonds is 5. The number of hydrogen-bond acceptors (Lipinski definition) is 1. The largest absolute Gasteiger partial charge is 0.354 e. The molecule has 0 atom stereocenters. The van der Waals surface area contributed by atoms with Crippen molar-refractivity contribution in [1.82, 2.24) is 5.32 Å². The number of nitrogens with one attached hydrogen (secondary N) is 1. The molecule has 0 saturated heterocycles. The van der Waals surface area contributed by atoms with Crippen molar-refractivity contribution in [1.29, 1.82) is 0 Å². The lowest BCUT2D eigenvalue weighted by Gasteiger charge is -2.07. The predicted molar refractivity (Wildman–Crippen MR) is 68.3 cm³/mol. The third-order valence-corrected chi connectivity index (χ3v) is 1.59. The van der Waals surface area contributed by atoms with Gasteiger partial charge in [0.15, 0.2) is 0 Å². The molecule has 0 fully saturated rings. The molecule has 0 aromatic rings. The zero-order valence-corrected chi connectivity index (χ0v) is 9.66. The lowest BCUT2D eigenvalue weighted by Crippen LogP contribution is -2.16. The summed E-state index contributed by atoms with van der Waals surface area (Å²) >= 11 is 4.92. The smallest absolute Gasteiger partial charge is 0.0763 e. The summed E-state index contributed by atoms with van der Waals surface area (Å²) in [6, 6.07) is 0. The highest BCUT2D eigenvalue weighted by Crippen LogP contribution is 2.09. The molecule has 2 heteroatoms. The normalized spacial score (nSPS) is 11.4. The molecule has 0 spiro atoms. The highest BCUT2D eigenvalue weighted by Gasteiger charge is 1.96. The van der Waals surface area contributed by atoms with E-state index in [2.05, 4.69) is 18.5 Å². The van der Waals surface area contributed by atoms with Gasteiger partial charge >= 0.3 is 0 Å². The molecule has 14 heavy (non-hydrogen) atoms. The van der Waals surface area contributed by atoms with Crippen LogP contribution in [-0.2, 0) is 0 Å². The molecule has 1 nitrogen and oxygen atoms in total. The van der Waals surface area contributed by atoms with Crippen molar-refractivity contribution in [3.8, 4) is 0 Å². The maximum atomic E-state index is 4.92. The van der Waals surface area contributed by atoms with Crippen molar-refractivity contribution in [3.63, 3.8) is 0 Å². The molecule has 0 heterocycles. The van der Waals surface area contributed by atoms with Crippen LogP contribution in [0, 0.1) is 0 Å². The third kappa shape index (κ3) is 6.38. The first-order chi connectivity index (χ1) is 6.60. The topological polar surface area (TPSA) is 12.0 Å². The van der Waals surface area contributed by atoms with E-state index >= 15 is 0 Å². The fraction of sp³-hybridized carbons (Fsp3) is 0.250. The predicted octanol–water partition coefficient (Wildman–Crippen LogP) is 3.52. The van der Waals surface area contributed by atoms with Gasteiger partial charge in [0, 0.05) is 12.1 Å². The molecular formula is C12H17NS. The summed E-state index contributed by atoms with van der Waals surface area (Å²) in [5.41, 5.74) is 2.07. The Morgan fingerprint density at radius 2 is 2.14 bits per heavy atom. The molecule has 0 bridgehead atoms. The second-order valence-corrected chi connectivity index (χ2v) is 3.55. The van der Waals surface area contributed by atoms with Crippen molar-refractivity contribution in [2.24, 2.45) is 0 Å². The lowest BCUT2D eigenvalue weighted by atomic mass is 10.1. The van der Waals surface area contributed by atoms with Crippen LogP contribution in [0.1, 0.15) is 20.3 Å². The standard InChI is InChI=1S/C12H17NS/c1-5-7-12(8-6-2)9-10(3)13-11(4)14/h5-8H,1,3,9H2,2,4H3,(H,13,14)/b8-6-,12-7+. The van der Waals surface area contributed by atoms with Gasteiger partial charge in [0.1, 0.15) is 0 Å². The highest BCUT2D eigenvalue weighted by atomic mass is 32.1. The van der Waals surface area contributed by atoms with Crippen LogP contribution in [0.15, 0.2) is 48.7 Å².